The van der Waals surface area contributed by atoms with E-state index in [0.29, 0.717) is 36.9 Å². The summed E-state index contributed by atoms with van der Waals surface area (Å²) in [6, 6.07) is 11.3. The molecule has 4 nitrogen and oxygen atoms in total. The normalized spacial score (nSPS) is 24.6. The molecule has 1 amide bonds. The van der Waals surface area contributed by atoms with E-state index in [1.165, 1.54) is 24.3 Å². The molecule has 162 valence electrons. The van der Waals surface area contributed by atoms with E-state index in [-0.39, 0.29) is 41.2 Å². The Bertz CT molecular complexity index is 1000. The first-order valence-corrected chi connectivity index (χ1v) is 10.6. The second-order valence-electron chi connectivity index (χ2n) is 8.43. The Hall–Kier alpha value is -2.86. The fourth-order valence-electron chi connectivity index (χ4n) is 4.68. The van der Waals surface area contributed by atoms with Gasteiger partial charge in [0.25, 0.3) is 0 Å². The number of rotatable bonds is 6. The fourth-order valence-corrected chi connectivity index (χ4v) is 4.68. The van der Waals surface area contributed by atoms with E-state index < -0.39 is 6.10 Å². The first kappa shape index (κ1) is 21.4. The standard InChI is InChI=1S/C25H25F2NO3/c1-15-14-20(29)10-11-21(15)24-22(12-13-23(30)16-2-4-17(26)5-3-16)25(31)28(24)19-8-6-18(27)7-9-19/h2-9,11,15,22-24,30H,10,12-14H2,1H3. The van der Waals surface area contributed by atoms with Crippen LogP contribution in [0.15, 0.2) is 60.2 Å². The zero-order valence-corrected chi connectivity index (χ0v) is 17.3. The smallest absolute Gasteiger partial charge is 0.233 e. The van der Waals surface area contributed by atoms with Gasteiger partial charge in [0.2, 0.25) is 5.91 Å². The minimum Gasteiger partial charge on any atom is -0.388 e. The number of nitrogens with zero attached hydrogens (tertiary/aromatic N) is 1. The van der Waals surface area contributed by atoms with E-state index >= 15 is 0 Å². The summed E-state index contributed by atoms with van der Waals surface area (Å²) < 4.78 is 26.5. The van der Waals surface area contributed by atoms with E-state index in [1.54, 1.807) is 29.2 Å². The number of benzene rings is 2. The highest BCUT2D eigenvalue weighted by Crippen LogP contribution is 2.43. The quantitative estimate of drug-likeness (QED) is 0.538. The number of carbonyl (C=O) groups is 2. The minimum atomic E-state index is -0.798. The first-order chi connectivity index (χ1) is 14.8. The molecular weight excluding hydrogens is 400 g/mol. The molecule has 0 saturated carbocycles. The van der Waals surface area contributed by atoms with Crippen molar-refractivity contribution in [1.29, 1.82) is 0 Å². The van der Waals surface area contributed by atoms with Crippen molar-refractivity contribution < 1.29 is 23.5 Å². The summed E-state index contributed by atoms with van der Waals surface area (Å²) in [6.45, 7) is 1.99. The van der Waals surface area contributed by atoms with Crippen molar-refractivity contribution in [2.24, 2.45) is 11.8 Å². The molecule has 2 aromatic rings. The second-order valence-corrected chi connectivity index (χ2v) is 8.43. The number of hydrogen-bond donors (Lipinski definition) is 1. The van der Waals surface area contributed by atoms with Gasteiger partial charge in [0, 0.05) is 18.5 Å². The van der Waals surface area contributed by atoms with Crippen molar-refractivity contribution in [3.63, 3.8) is 0 Å². The van der Waals surface area contributed by atoms with Crippen LogP contribution in [-0.2, 0) is 9.59 Å². The molecule has 0 aromatic heterocycles. The number of halogens is 2. The van der Waals surface area contributed by atoms with Crippen LogP contribution in [-0.4, -0.2) is 22.8 Å². The van der Waals surface area contributed by atoms with Crippen LogP contribution in [0, 0.1) is 23.5 Å². The summed E-state index contributed by atoms with van der Waals surface area (Å²) in [7, 11) is 0. The van der Waals surface area contributed by atoms with Gasteiger partial charge < -0.3 is 10.0 Å². The molecule has 1 N–H and O–H groups in total. The van der Waals surface area contributed by atoms with Gasteiger partial charge in [-0.05, 0) is 66.3 Å². The van der Waals surface area contributed by atoms with Crippen molar-refractivity contribution in [1.82, 2.24) is 0 Å². The van der Waals surface area contributed by atoms with Crippen molar-refractivity contribution >= 4 is 17.4 Å². The van der Waals surface area contributed by atoms with Crippen LogP contribution < -0.4 is 4.90 Å². The van der Waals surface area contributed by atoms with Crippen molar-refractivity contribution in [3.05, 3.63) is 77.4 Å². The monoisotopic (exact) mass is 425 g/mol. The Morgan fingerprint density at radius 3 is 2.26 bits per heavy atom. The maximum absolute atomic E-state index is 13.4. The van der Waals surface area contributed by atoms with Gasteiger partial charge in [-0.2, -0.15) is 0 Å². The highest BCUT2D eigenvalue weighted by atomic mass is 19.1. The Morgan fingerprint density at radius 2 is 1.65 bits per heavy atom. The van der Waals surface area contributed by atoms with Crippen LogP contribution in [0.1, 0.15) is 44.3 Å². The molecule has 1 heterocycles. The van der Waals surface area contributed by atoms with Crippen molar-refractivity contribution in [2.45, 2.75) is 44.8 Å². The molecule has 1 fully saturated rings. The highest BCUT2D eigenvalue weighted by molar-refractivity contribution is 6.04. The number of allylic oxidation sites excluding steroid dienone is 1. The van der Waals surface area contributed by atoms with E-state index in [0.717, 1.165) is 5.57 Å². The lowest BCUT2D eigenvalue weighted by Gasteiger charge is -2.50. The molecule has 1 aliphatic carbocycles. The number of anilines is 1. The predicted octanol–water partition coefficient (Wildman–Crippen LogP) is 4.74. The number of ketones is 1. The summed E-state index contributed by atoms with van der Waals surface area (Å²) in [5.74, 6) is -0.948. The number of hydrogen-bond acceptors (Lipinski definition) is 3. The van der Waals surface area contributed by atoms with E-state index in [2.05, 4.69) is 0 Å². The third-order valence-electron chi connectivity index (χ3n) is 6.33. The van der Waals surface area contributed by atoms with Gasteiger partial charge >= 0.3 is 0 Å². The van der Waals surface area contributed by atoms with Crippen LogP contribution >= 0.6 is 0 Å². The number of β-lactam (4-membered cyclic amide) rings is 1. The van der Waals surface area contributed by atoms with E-state index in [9.17, 15) is 23.5 Å². The summed E-state index contributed by atoms with van der Waals surface area (Å²) in [4.78, 5) is 26.6. The SMILES string of the molecule is CC1CC(=O)CC=C1C1C(CCC(O)c2ccc(F)cc2)C(=O)N1c1ccc(F)cc1. The number of aliphatic hydroxyl groups excluding tert-OH is 1. The predicted molar refractivity (Wildman–Crippen MR) is 113 cm³/mol. The number of Topliss-reactive ketones (excluding diaryl/α,β-unsaturated/α-hetero) is 1. The van der Waals surface area contributed by atoms with Crippen LogP contribution in [0.3, 0.4) is 0 Å². The topological polar surface area (TPSA) is 57.6 Å². The van der Waals surface area contributed by atoms with Gasteiger partial charge in [0.05, 0.1) is 18.1 Å². The molecular formula is C25H25F2NO3. The van der Waals surface area contributed by atoms with Crippen molar-refractivity contribution in [2.75, 3.05) is 4.90 Å². The van der Waals surface area contributed by atoms with Crippen LogP contribution in [0.25, 0.3) is 0 Å². The van der Waals surface area contributed by atoms with Gasteiger partial charge in [-0.25, -0.2) is 8.78 Å². The van der Waals surface area contributed by atoms with E-state index in [4.69, 9.17) is 0 Å². The Labute approximate surface area is 180 Å². The molecule has 0 radical (unpaired) electrons. The second kappa shape index (κ2) is 8.71. The molecule has 2 aromatic carbocycles. The zero-order chi connectivity index (χ0) is 22.1. The lowest BCUT2D eigenvalue weighted by Crippen LogP contribution is -2.63. The molecule has 4 atom stereocenters. The average Bonchev–Trinajstić information content (AvgIpc) is 2.74. The Balaban J connectivity index is 1.55. The largest absolute Gasteiger partial charge is 0.388 e. The molecule has 4 rings (SSSR count). The molecule has 0 bridgehead atoms. The fraction of sp³-hybridized carbons (Fsp3) is 0.360. The summed E-state index contributed by atoms with van der Waals surface area (Å²) >= 11 is 0. The molecule has 0 spiro atoms. The third-order valence-corrected chi connectivity index (χ3v) is 6.33. The van der Waals surface area contributed by atoms with Gasteiger partial charge in [-0.15, -0.1) is 0 Å². The maximum Gasteiger partial charge on any atom is 0.233 e. The third kappa shape index (κ3) is 4.30. The van der Waals surface area contributed by atoms with Crippen LogP contribution in [0.4, 0.5) is 14.5 Å². The molecule has 1 aliphatic heterocycles. The minimum absolute atomic E-state index is 0.0202. The zero-order valence-electron chi connectivity index (χ0n) is 17.3. The van der Waals surface area contributed by atoms with Gasteiger partial charge in [-0.3, -0.25) is 9.59 Å². The average molecular weight is 425 g/mol. The Kier molecular flexibility index (Phi) is 6.01. The lowest BCUT2D eigenvalue weighted by molar-refractivity contribution is -0.130. The van der Waals surface area contributed by atoms with E-state index in [1.807, 2.05) is 13.0 Å². The van der Waals surface area contributed by atoms with Crippen LogP contribution in [0.5, 0.6) is 0 Å². The molecule has 4 unspecified atom stereocenters. The number of amides is 1. The molecule has 6 heteroatoms. The molecule has 31 heavy (non-hydrogen) atoms. The first-order valence-electron chi connectivity index (χ1n) is 10.6. The van der Waals surface area contributed by atoms with Crippen molar-refractivity contribution in [3.8, 4) is 0 Å². The highest BCUT2D eigenvalue weighted by Gasteiger charge is 2.50. The van der Waals surface area contributed by atoms with Gasteiger partial charge in [0.15, 0.2) is 0 Å². The molecule has 2 aliphatic rings. The number of aliphatic hydroxyl groups is 1. The Morgan fingerprint density at radius 1 is 1.03 bits per heavy atom. The molecule has 1 saturated heterocycles. The number of carbonyl (C=O) groups excluding carboxylic acids is 2. The summed E-state index contributed by atoms with van der Waals surface area (Å²) in [5, 5.41) is 10.5. The lowest BCUT2D eigenvalue weighted by atomic mass is 9.72. The van der Waals surface area contributed by atoms with Gasteiger partial charge in [-0.1, -0.05) is 25.1 Å². The van der Waals surface area contributed by atoms with Crippen LogP contribution in [0.2, 0.25) is 0 Å². The summed E-state index contributed by atoms with van der Waals surface area (Å²) in [6.07, 6.45) is 2.74. The summed E-state index contributed by atoms with van der Waals surface area (Å²) in [5.41, 5.74) is 2.28. The maximum atomic E-state index is 13.4. The van der Waals surface area contributed by atoms with Gasteiger partial charge in [0.1, 0.15) is 17.4 Å².